The van der Waals surface area contributed by atoms with Crippen LogP contribution < -0.4 is 0 Å². The predicted molar refractivity (Wildman–Crippen MR) is 248 cm³/mol. The number of benzene rings is 8. The molecule has 0 amide bonds. The Hall–Kier alpha value is -7.62. The summed E-state index contributed by atoms with van der Waals surface area (Å²) in [6, 6.07) is 66.6. The van der Waals surface area contributed by atoms with E-state index in [-0.39, 0.29) is 0 Å². The topological polar surface area (TPSA) is 14.8 Å². The van der Waals surface area contributed by atoms with Crippen LogP contribution in [0.2, 0.25) is 0 Å². The van der Waals surface area contributed by atoms with E-state index in [1.54, 1.807) is 0 Å². The van der Waals surface area contributed by atoms with Gasteiger partial charge in [-0.2, -0.15) is 0 Å². The fourth-order valence-electron chi connectivity index (χ4n) is 9.16. The minimum Gasteiger partial charge on any atom is -0.309 e. The van der Waals surface area contributed by atoms with E-state index in [4.69, 9.17) is 0 Å². The summed E-state index contributed by atoms with van der Waals surface area (Å²) in [5.41, 5.74) is 15.3. The Labute approximate surface area is 336 Å². The fourth-order valence-corrected chi connectivity index (χ4v) is 9.16. The Morgan fingerprint density at radius 3 is 1.36 bits per heavy atom. The zero-order valence-corrected chi connectivity index (χ0v) is 32.2. The summed E-state index contributed by atoms with van der Waals surface area (Å²) < 4.78 is 7.21. The van der Waals surface area contributed by atoms with Gasteiger partial charge in [0, 0.05) is 49.4 Å². The van der Waals surface area contributed by atoms with E-state index in [1.165, 1.54) is 82.2 Å². The van der Waals surface area contributed by atoms with Crippen molar-refractivity contribution in [2.24, 2.45) is 0 Å². The smallest absolute Gasteiger partial charge is 0.0548 e. The van der Waals surface area contributed by atoms with E-state index in [0.29, 0.717) is 0 Å². The van der Waals surface area contributed by atoms with Crippen LogP contribution in [-0.2, 0) is 0 Å². The molecule has 11 rings (SSSR count). The maximum atomic E-state index is 3.93. The van der Waals surface area contributed by atoms with Gasteiger partial charge in [0.25, 0.3) is 0 Å². The highest BCUT2D eigenvalue weighted by Crippen LogP contribution is 2.41. The first kappa shape index (κ1) is 33.7. The number of aromatic nitrogens is 3. The van der Waals surface area contributed by atoms with Crippen molar-refractivity contribution in [3.05, 3.63) is 218 Å². The molecule has 3 heteroatoms. The second-order valence-electron chi connectivity index (χ2n) is 15.0. The van der Waals surface area contributed by atoms with Crippen LogP contribution >= 0.6 is 0 Å². The van der Waals surface area contributed by atoms with E-state index in [0.717, 1.165) is 22.5 Å². The SMILES string of the molecule is C=C/C=C(\C=C/C)c1ccc(-n2c3ccccc3c3cc4c(cc32)c2ccccc2n4-c2ccc(-c3ccc4c(c3)c3ccccc3n4-c3ccccc3)cc2)cc1. The number of para-hydroxylation sites is 4. The van der Waals surface area contributed by atoms with Crippen LogP contribution in [0.1, 0.15) is 12.5 Å². The summed E-state index contributed by atoms with van der Waals surface area (Å²) in [6.45, 7) is 5.97. The molecule has 11 aromatic rings. The second kappa shape index (κ2) is 13.5. The molecular formula is C55H39N3. The highest BCUT2D eigenvalue weighted by molar-refractivity contribution is 6.19. The standard InChI is InChI=1S/C55H39N3/c1-3-14-37(15-4-2)38-24-29-42(30-25-38)57-51-22-12-9-19-45(51)48-36-55-49(35-54(48)57)46-20-10-13-23-52(46)58(55)43-31-26-39(27-32-43)40-28-33-53-47(34-40)44-18-8-11-21-50(44)56(53)41-16-6-5-7-17-41/h3-36H,1H2,2H3/b15-4-,37-14+. The lowest BCUT2D eigenvalue weighted by molar-refractivity contribution is 1.17. The second-order valence-corrected chi connectivity index (χ2v) is 15.0. The molecule has 0 bridgehead atoms. The first-order valence-electron chi connectivity index (χ1n) is 19.9. The molecular weight excluding hydrogens is 703 g/mol. The van der Waals surface area contributed by atoms with Crippen LogP contribution in [-0.4, -0.2) is 13.7 Å². The molecule has 0 saturated heterocycles. The van der Waals surface area contributed by atoms with Crippen LogP contribution in [0.4, 0.5) is 0 Å². The molecule has 8 aromatic carbocycles. The minimum atomic E-state index is 1.13. The van der Waals surface area contributed by atoms with Gasteiger partial charge in [0.2, 0.25) is 0 Å². The summed E-state index contributed by atoms with van der Waals surface area (Å²) in [7, 11) is 0. The fraction of sp³-hybridized carbons (Fsp3) is 0.0182. The molecule has 3 heterocycles. The third-order valence-electron chi connectivity index (χ3n) is 11.7. The first-order valence-corrected chi connectivity index (χ1v) is 19.9. The number of rotatable bonds is 7. The van der Waals surface area contributed by atoms with Crippen molar-refractivity contribution in [1.29, 1.82) is 0 Å². The van der Waals surface area contributed by atoms with Crippen LogP contribution in [0.5, 0.6) is 0 Å². The Morgan fingerprint density at radius 2 is 0.828 bits per heavy atom. The highest BCUT2D eigenvalue weighted by Gasteiger charge is 2.19. The molecule has 58 heavy (non-hydrogen) atoms. The number of hydrogen-bond donors (Lipinski definition) is 0. The van der Waals surface area contributed by atoms with Gasteiger partial charge < -0.3 is 13.7 Å². The van der Waals surface area contributed by atoms with Gasteiger partial charge in [-0.05, 0) is 108 Å². The van der Waals surface area contributed by atoms with Crippen LogP contribution in [0.3, 0.4) is 0 Å². The Balaban J connectivity index is 1.05. The maximum Gasteiger partial charge on any atom is 0.0548 e. The summed E-state index contributed by atoms with van der Waals surface area (Å²) in [4.78, 5) is 0. The maximum absolute atomic E-state index is 3.93. The number of fused-ring (bicyclic) bond motifs is 9. The first-order chi connectivity index (χ1) is 28.7. The quantitative estimate of drug-likeness (QED) is 0.145. The highest BCUT2D eigenvalue weighted by atomic mass is 15.0. The Bertz CT molecular complexity index is 3440. The van der Waals surface area contributed by atoms with Crippen molar-refractivity contribution in [2.75, 3.05) is 0 Å². The molecule has 3 nitrogen and oxygen atoms in total. The average Bonchev–Trinajstić information content (AvgIpc) is 3.91. The van der Waals surface area contributed by atoms with Gasteiger partial charge in [0.15, 0.2) is 0 Å². The van der Waals surface area contributed by atoms with Gasteiger partial charge in [-0.25, -0.2) is 0 Å². The molecule has 0 N–H and O–H groups in total. The summed E-state index contributed by atoms with van der Waals surface area (Å²) >= 11 is 0. The predicted octanol–water partition coefficient (Wildman–Crippen LogP) is 14.8. The normalized spacial score (nSPS) is 12.3. The van der Waals surface area contributed by atoms with Gasteiger partial charge in [-0.15, -0.1) is 0 Å². The lowest BCUT2D eigenvalue weighted by Crippen LogP contribution is -1.95. The summed E-state index contributed by atoms with van der Waals surface area (Å²) in [6.07, 6.45) is 8.10. The van der Waals surface area contributed by atoms with Crippen LogP contribution in [0, 0.1) is 0 Å². The average molecular weight is 742 g/mol. The monoisotopic (exact) mass is 741 g/mol. The molecule has 0 aliphatic carbocycles. The van der Waals surface area contributed by atoms with Gasteiger partial charge in [0.05, 0.1) is 33.1 Å². The molecule has 274 valence electrons. The molecule has 0 aliphatic heterocycles. The van der Waals surface area contributed by atoms with Crippen molar-refractivity contribution in [1.82, 2.24) is 13.7 Å². The number of allylic oxidation sites excluding steroid dienone is 5. The van der Waals surface area contributed by atoms with Crippen molar-refractivity contribution < 1.29 is 0 Å². The van der Waals surface area contributed by atoms with E-state index >= 15 is 0 Å². The van der Waals surface area contributed by atoms with Crippen molar-refractivity contribution in [3.8, 4) is 28.2 Å². The molecule has 0 unspecified atom stereocenters. The third-order valence-corrected chi connectivity index (χ3v) is 11.7. The number of nitrogens with zero attached hydrogens (tertiary/aromatic N) is 3. The molecule has 0 radical (unpaired) electrons. The van der Waals surface area contributed by atoms with Crippen molar-refractivity contribution >= 4 is 71.0 Å². The van der Waals surface area contributed by atoms with Crippen molar-refractivity contribution in [3.63, 3.8) is 0 Å². The van der Waals surface area contributed by atoms with Gasteiger partial charge in [0.1, 0.15) is 0 Å². The van der Waals surface area contributed by atoms with E-state index in [9.17, 15) is 0 Å². The zero-order valence-electron chi connectivity index (χ0n) is 32.2. The van der Waals surface area contributed by atoms with Gasteiger partial charge >= 0.3 is 0 Å². The van der Waals surface area contributed by atoms with Crippen LogP contribution in [0.25, 0.3) is 99.2 Å². The minimum absolute atomic E-state index is 1.13. The summed E-state index contributed by atoms with van der Waals surface area (Å²) in [5.74, 6) is 0. The zero-order chi connectivity index (χ0) is 38.7. The van der Waals surface area contributed by atoms with Gasteiger partial charge in [-0.1, -0.05) is 134 Å². The van der Waals surface area contributed by atoms with Gasteiger partial charge in [-0.3, -0.25) is 0 Å². The summed E-state index contributed by atoms with van der Waals surface area (Å²) in [5, 5.41) is 7.45. The van der Waals surface area contributed by atoms with E-state index < -0.39 is 0 Å². The largest absolute Gasteiger partial charge is 0.309 e. The van der Waals surface area contributed by atoms with Crippen LogP contribution in [0.15, 0.2) is 213 Å². The van der Waals surface area contributed by atoms with Crippen molar-refractivity contribution in [2.45, 2.75) is 6.92 Å². The van der Waals surface area contributed by atoms with E-state index in [1.807, 2.05) is 13.0 Å². The molecule has 3 aromatic heterocycles. The molecule has 0 spiro atoms. The molecule has 0 fully saturated rings. The molecule has 0 atom stereocenters. The molecule has 0 saturated carbocycles. The Kier molecular flexibility index (Phi) is 7.87. The lowest BCUT2D eigenvalue weighted by atomic mass is 10.0. The van der Waals surface area contributed by atoms with E-state index in [2.05, 4.69) is 220 Å². The molecule has 0 aliphatic rings. The Morgan fingerprint density at radius 1 is 0.397 bits per heavy atom. The number of hydrogen-bond acceptors (Lipinski definition) is 0. The third kappa shape index (κ3) is 5.21. The lowest BCUT2D eigenvalue weighted by Gasteiger charge is -2.11.